The van der Waals surface area contributed by atoms with Crippen molar-refractivity contribution in [1.29, 1.82) is 0 Å². The average Bonchev–Trinajstić information content (AvgIpc) is 2.61. The molecule has 6 heteroatoms. The van der Waals surface area contributed by atoms with Gasteiger partial charge in [-0.1, -0.05) is 6.07 Å². The SMILES string of the molecule is COc1ccc(F)cc1CCNC(=O)c1c(OC)cccc1OC. The molecule has 0 saturated heterocycles. The highest BCUT2D eigenvalue weighted by Crippen LogP contribution is 2.28. The predicted molar refractivity (Wildman–Crippen MR) is 88.5 cm³/mol. The van der Waals surface area contributed by atoms with Gasteiger partial charge in [0.2, 0.25) is 0 Å². The number of rotatable bonds is 7. The van der Waals surface area contributed by atoms with Crippen LogP contribution in [0.4, 0.5) is 4.39 Å². The number of hydrogen-bond acceptors (Lipinski definition) is 4. The van der Waals surface area contributed by atoms with Crippen LogP contribution in [-0.2, 0) is 6.42 Å². The van der Waals surface area contributed by atoms with E-state index >= 15 is 0 Å². The van der Waals surface area contributed by atoms with E-state index in [-0.39, 0.29) is 11.7 Å². The van der Waals surface area contributed by atoms with Crippen LogP contribution in [0.25, 0.3) is 0 Å². The van der Waals surface area contributed by atoms with Gasteiger partial charge in [0.25, 0.3) is 5.91 Å². The van der Waals surface area contributed by atoms with Crippen molar-refractivity contribution in [2.45, 2.75) is 6.42 Å². The molecule has 0 radical (unpaired) electrons. The van der Waals surface area contributed by atoms with Crippen molar-refractivity contribution in [2.75, 3.05) is 27.9 Å². The zero-order valence-electron chi connectivity index (χ0n) is 13.9. The Hall–Kier alpha value is -2.76. The van der Waals surface area contributed by atoms with E-state index in [1.54, 1.807) is 24.3 Å². The maximum atomic E-state index is 13.4. The third-order valence-corrected chi connectivity index (χ3v) is 3.58. The Morgan fingerprint density at radius 1 is 1.00 bits per heavy atom. The minimum Gasteiger partial charge on any atom is -0.496 e. The zero-order valence-corrected chi connectivity index (χ0v) is 13.9. The molecule has 128 valence electrons. The van der Waals surface area contributed by atoms with Crippen molar-refractivity contribution in [3.8, 4) is 17.2 Å². The average molecular weight is 333 g/mol. The van der Waals surface area contributed by atoms with Crippen molar-refractivity contribution >= 4 is 5.91 Å². The van der Waals surface area contributed by atoms with Gasteiger partial charge in [0.05, 0.1) is 21.3 Å². The smallest absolute Gasteiger partial charge is 0.258 e. The van der Waals surface area contributed by atoms with Gasteiger partial charge in [-0.15, -0.1) is 0 Å². The fourth-order valence-electron chi connectivity index (χ4n) is 2.42. The van der Waals surface area contributed by atoms with E-state index in [1.165, 1.54) is 33.5 Å². The van der Waals surface area contributed by atoms with Gasteiger partial charge in [0, 0.05) is 6.54 Å². The molecule has 5 nitrogen and oxygen atoms in total. The lowest BCUT2D eigenvalue weighted by Gasteiger charge is -2.13. The molecular formula is C18H20FNO4. The van der Waals surface area contributed by atoms with Crippen molar-refractivity contribution in [1.82, 2.24) is 5.32 Å². The molecule has 24 heavy (non-hydrogen) atoms. The van der Waals surface area contributed by atoms with Crippen molar-refractivity contribution in [2.24, 2.45) is 0 Å². The molecule has 1 N–H and O–H groups in total. The standard InChI is InChI=1S/C18H20FNO4/c1-22-14-8-7-13(19)11-12(14)9-10-20-18(21)17-15(23-2)5-4-6-16(17)24-3/h4-8,11H,9-10H2,1-3H3,(H,20,21). The number of amides is 1. The van der Waals surface area contributed by atoms with Gasteiger partial charge in [-0.05, 0) is 42.3 Å². The third kappa shape index (κ3) is 3.95. The number of benzene rings is 2. The molecule has 2 rings (SSSR count). The summed E-state index contributed by atoms with van der Waals surface area (Å²) in [5.41, 5.74) is 1.01. The van der Waals surface area contributed by atoms with E-state index < -0.39 is 0 Å². The second-order valence-corrected chi connectivity index (χ2v) is 5.00. The molecule has 2 aromatic rings. The maximum absolute atomic E-state index is 13.4. The Morgan fingerprint density at radius 2 is 1.62 bits per heavy atom. The molecule has 0 bridgehead atoms. The number of nitrogens with one attached hydrogen (secondary N) is 1. The summed E-state index contributed by atoms with van der Waals surface area (Å²) in [5, 5.41) is 2.79. The van der Waals surface area contributed by atoms with E-state index in [1.807, 2.05) is 0 Å². The number of hydrogen-bond donors (Lipinski definition) is 1. The first kappa shape index (κ1) is 17.6. The van der Waals surface area contributed by atoms with Crippen LogP contribution in [-0.4, -0.2) is 33.8 Å². The Kier molecular flexibility index (Phi) is 6.01. The topological polar surface area (TPSA) is 56.8 Å². The summed E-state index contributed by atoms with van der Waals surface area (Å²) < 4.78 is 29.0. The van der Waals surface area contributed by atoms with Crippen LogP contribution in [0.1, 0.15) is 15.9 Å². The summed E-state index contributed by atoms with van der Waals surface area (Å²) >= 11 is 0. The van der Waals surface area contributed by atoms with Crippen molar-refractivity contribution in [3.05, 3.63) is 53.3 Å². The van der Waals surface area contributed by atoms with Crippen LogP contribution in [0.5, 0.6) is 17.2 Å². The molecule has 0 unspecified atom stereocenters. The van der Waals surface area contributed by atoms with Crippen LogP contribution in [0, 0.1) is 5.82 Å². The predicted octanol–water partition coefficient (Wildman–Crippen LogP) is 2.82. The van der Waals surface area contributed by atoms with Gasteiger partial charge in [0.15, 0.2) is 0 Å². The fourth-order valence-corrected chi connectivity index (χ4v) is 2.42. The highest BCUT2D eigenvalue weighted by Gasteiger charge is 2.17. The first-order chi connectivity index (χ1) is 11.6. The molecule has 0 saturated carbocycles. The van der Waals surface area contributed by atoms with Crippen LogP contribution in [0.15, 0.2) is 36.4 Å². The van der Waals surface area contributed by atoms with Crippen molar-refractivity contribution < 1.29 is 23.4 Å². The minimum absolute atomic E-state index is 0.319. The second kappa shape index (κ2) is 8.19. The molecule has 1 amide bonds. The highest BCUT2D eigenvalue weighted by molar-refractivity contribution is 5.99. The molecule has 0 aliphatic heterocycles. The fraction of sp³-hybridized carbons (Fsp3) is 0.278. The number of ether oxygens (including phenoxy) is 3. The lowest BCUT2D eigenvalue weighted by atomic mass is 10.1. The molecule has 0 atom stereocenters. The first-order valence-electron chi connectivity index (χ1n) is 7.42. The summed E-state index contributed by atoms with van der Waals surface area (Å²) in [6.45, 7) is 0.319. The van der Waals surface area contributed by atoms with Crippen molar-refractivity contribution in [3.63, 3.8) is 0 Å². The lowest BCUT2D eigenvalue weighted by Crippen LogP contribution is -2.26. The van der Waals surface area contributed by atoms with Crippen LogP contribution >= 0.6 is 0 Å². The van der Waals surface area contributed by atoms with Gasteiger partial charge in [-0.25, -0.2) is 4.39 Å². The summed E-state index contributed by atoms with van der Waals surface area (Å²) in [6, 6.07) is 9.41. The van der Waals surface area contributed by atoms with Crippen LogP contribution in [0.3, 0.4) is 0 Å². The summed E-state index contributed by atoms with van der Waals surface area (Å²) in [5.74, 6) is 0.772. The van der Waals surface area contributed by atoms with Gasteiger partial charge < -0.3 is 19.5 Å². The van der Waals surface area contributed by atoms with Gasteiger partial charge >= 0.3 is 0 Å². The molecule has 0 fully saturated rings. The van der Waals surface area contributed by atoms with E-state index in [4.69, 9.17) is 14.2 Å². The number of carbonyl (C=O) groups is 1. The Morgan fingerprint density at radius 3 is 2.21 bits per heavy atom. The van der Waals surface area contributed by atoms with Gasteiger partial charge in [-0.3, -0.25) is 4.79 Å². The normalized spacial score (nSPS) is 10.2. The number of carbonyl (C=O) groups excluding carboxylic acids is 1. The van der Waals surface area contributed by atoms with Crippen LogP contribution in [0.2, 0.25) is 0 Å². The minimum atomic E-state index is -0.344. The molecule has 0 aliphatic carbocycles. The Balaban J connectivity index is 2.08. The molecule has 0 spiro atoms. The lowest BCUT2D eigenvalue weighted by molar-refractivity contribution is 0.0948. The molecule has 0 aromatic heterocycles. The van der Waals surface area contributed by atoms with E-state index in [9.17, 15) is 9.18 Å². The zero-order chi connectivity index (χ0) is 17.5. The summed E-state index contributed by atoms with van der Waals surface area (Å²) in [6.07, 6.45) is 0.435. The first-order valence-corrected chi connectivity index (χ1v) is 7.42. The quantitative estimate of drug-likeness (QED) is 0.846. The monoisotopic (exact) mass is 333 g/mol. The number of methoxy groups -OCH3 is 3. The third-order valence-electron chi connectivity index (χ3n) is 3.58. The largest absolute Gasteiger partial charge is 0.496 e. The molecule has 0 heterocycles. The number of halogens is 1. The maximum Gasteiger partial charge on any atom is 0.258 e. The molecule has 0 aliphatic rings. The Bertz CT molecular complexity index is 696. The summed E-state index contributed by atoms with van der Waals surface area (Å²) in [7, 11) is 4.50. The van der Waals surface area contributed by atoms with E-state index in [2.05, 4.69) is 5.32 Å². The van der Waals surface area contributed by atoms with E-state index in [0.717, 1.165) is 0 Å². The van der Waals surface area contributed by atoms with E-state index in [0.29, 0.717) is 41.3 Å². The van der Waals surface area contributed by atoms with Crippen LogP contribution < -0.4 is 19.5 Å². The Labute approximate surface area is 140 Å². The second-order valence-electron chi connectivity index (χ2n) is 5.00. The van der Waals surface area contributed by atoms with Gasteiger partial charge in [0.1, 0.15) is 28.6 Å². The molecular weight excluding hydrogens is 313 g/mol. The molecule has 2 aromatic carbocycles. The van der Waals surface area contributed by atoms with Gasteiger partial charge in [-0.2, -0.15) is 0 Å². The summed E-state index contributed by atoms with van der Waals surface area (Å²) in [4.78, 5) is 12.4. The highest BCUT2D eigenvalue weighted by atomic mass is 19.1.